The molecular formula is C12H14N2O4. The van der Waals surface area contributed by atoms with Gasteiger partial charge in [-0.25, -0.2) is 9.86 Å². The maximum Gasteiger partial charge on any atom is 0.405 e. The average Bonchev–Trinajstić information content (AvgIpc) is 2.69. The summed E-state index contributed by atoms with van der Waals surface area (Å²) in [4.78, 5) is 27.3. The molecule has 2 N–H and O–H groups in total. The highest BCUT2D eigenvalue weighted by atomic mass is 16.7. The van der Waals surface area contributed by atoms with Crippen LogP contribution in [0.2, 0.25) is 0 Å². The van der Waals surface area contributed by atoms with Gasteiger partial charge in [0.05, 0.1) is 6.54 Å². The van der Waals surface area contributed by atoms with E-state index in [1.54, 1.807) is 0 Å². The molecule has 0 aliphatic carbocycles. The first-order chi connectivity index (χ1) is 8.66. The smallest absolute Gasteiger partial charge is 0.405 e. The second-order valence-corrected chi connectivity index (χ2v) is 3.97. The predicted molar refractivity (Wildman–Crippen MR) is 62.8 cm³/mol. The number of hydrogen-bond acceptors (Lipinski definition) is 3. The summed E-state index contributed by atoms with van der Waals surface area (Å²) in [6.07, 6.45) is -0.548. The minimum atomic E-state index is -1.22. The molecule has 1 saturated heterocycles. The van der Waals surface area contributed by atoms with Crippen LogP contribution in [0.3, 0.4) is 0 Å². The van der Waals surface area contributed by atoms with Crippen LogP contribution in [0.15, 0.2) is 30.3 Å². The summed E-state index contributed by atoms with van der Waals surface area (Å²) >= 11 is 0. The molecule has 0 spiro atoms. The fourth-order valence-electron chi connectivity index (χ4n) is 1.78. The van der Waals surface area contributed by atoms with Crippen LogP contribution in [0, 0.1) is 0 Å². The zero-order valence-electron chi connectivity index (χ0n) is 9.70. The van der Waals surface area contributed by atoms with Crippen LogP contribution in [0.1, 0.15) is 5.56 Å². The molecule has 0 radical (unpaired) electrons. The third-order valence-corrected chi connectivity index (χ3v) is 2.69. The summed E-state index contributed by atoms with van der Waals surface area (Å²) in [6.45, 7) is 0.473. The molecule has 0 unspecified atom stereocenters. The quantitative estimate of drug-likeness (QED) is 0.822. The Labute approximate surface area is 104 Å². The SMILES string of the molecule is O=C(O)N[C@H]1CON(CCc2ccccc2)C1=O. The molecule has 1 heterocycles. The number of amides is 2. The van der Waals surface area contributed by atoms with Gasteiger partial charge in [-0.15, -0.1) is 0 Å². The van der Waals surface area contributed by atoms with E-state index in [0.717, 1.165) is 5.56 Å². The summed E-state index contributed by atoms with van der Waals surface area (Å²) in [7, 11) is 0. The first-order valence-electron chi connectivity index (χ1n) is 5.64. The van der Waals surface area contributed by atoms with E-state index >= 15 is 0 Å². The van der Waals surface area contributed by atoms with E-state index in [1.807, 2.05) is 30.3 Å². The van der Waals surface area contributed by atoms with Gasteiger partial charge < -0.3 is 10.4 Å². The molecule has 1 aromatic rings. The Hall–Kier alpha value is -2.08. The summed E-state index contributed by atoms with van der Waals surface area (Å²) < 4.78 is 0. The monoisotopic (exact) mass is 250 g/mol. The lowest BCUT2D eigenvalue weighted by atomic mass is 10.1. The van der Waals surface area contributed by atoms with Crippen LogP contribution < -0.4 is 5.32 Å². The molecule has 2 rings (SSSR count). The zero-order chi connectivity index (χ0) is 13.0. The van der Waals surface area contributed by atoms with Gasteiger partial charge >= 0.3 is 6.09 Å². The van der Waals surface area contributed by atoms with E-state index in [4.69, 9.17) is 9.94 Å². The Morgan fingerprint density at radius 1 is 1.44 bits per heavy atom. The summed E-state index contributed by atoms with van der Waals surface area (Å²) in [6, 6.07) is 8.92. The van der Waals surface area contributed by atoms with E-state index in [9.17, 15) is 9.59 Å². The van der Waals surface area contributed by atoms with Crippen molar-refractivity contribution in [1.29, 1.82) is 0 Å². The molecule has 18 heavy (non-hydrogen) atoms. The number of carbonyl (C=O) groups is 2. The summed E-state index contributed by atoms with van der Waals surface area (Å²) in [5.41, 5.74) is 1.10. The lowest BCUT2D eigenvalue weighted by Crippen LogP contribution is -2.42. The zero-order valence-corrected chi connectivity index (χ0v) is 9.70. The van der Waals surface area contributed by atoms with Crippen molar-refractivity contribution in [2.45, 2.75) is 12.5 Å². The van der Waals surface area contributed by atoms with Gasteiger partial charge in [-0.3, -0.25) is 9.63 Å². The highest BCUT2D eigenvalue weighted by Gasteiger charge is 2.33. The highest BCUT2D eigenvalue weighted by Crippen LogP contribution is 2.10. The lowest BCUT2D eigenvalue weighted by Gasteiger charge is -2.14. The van der Waals surface area contributed by atoms with Crippen molar-refractivity contribution >= 4 is 12.0 Å². The van der Waals surface area contributed by atoms with Gasteiger partial charge in [0, 0.05) is 0 Å². The van der Waals surface area contributed by atoms with Gasteiger partial charge in [-0.05, 0) is 12.0 Å². The molecular weight excluding hydrogens is 236 g/mol. The van der Waals surface area contributed by atoms with E-state index in [-0.39, 0.29) is 12.5 Å². The molecule has 0 bridgehead atoms. The first-order valence-corrected chi connectivity index (χ1v) is 5.64. The normalized spacial score (nSPS) is 19.0. The van der Waals surface area contributed by atoms with Crippen LogP contribution in [-0.2, 0) is 16.1 Å². The Morgan fingerprint density at radius 2 is 2.17 bits per heavy atom. The lowest BCUT2D eigenvalue weighted by molar-refractivity contribution is -0.161. The van der Waals surface area contributed by atoms with E-state index in [0.29, 0.717) is 13.0 Å². The Bertz CT molecular complexity index is 435. The topological polar surface area (TPSA) is 78.9 Å². The number of hydrogen-bond donors (Lipinski definition) is 2. The third kappa shape index (κ3) is 2.98. The summed E-state index contributed by atoms with van der Waals surface area (Å²) in [5, 5.41) is 11.9. The number of rotatable bonds is 4. The number of hydroxylamine groups is 2. The maximum atomic E-state index is 11.7. The van der Waals surface area contributed by atoms with Gasteiger partial charge in [-0.1, -0.05) is 30.3 Å². The third-order valence-electron chi connectivity index (χ3n) is 2.69. The van der Waals surface area contributed by atoms with E-state index in [1.165, 1.54) is 5.06 Å². The number of nitrogens with one attached hydrogen (secondary N) is 1. The second-order valence-electron chi connectivity index (χ2n) is 3.97. The van der Waals surface area contributed by atoms with Crippen molar-refractivity contribution in [2.75, 3.05) is 13.2 Å². The Kier molecular flexibility index (Phi) is 3.78. The Balaban J connectivity index is 1.85. The minimum Gasteiger partial charge on any atom is -0.465 e. The van der Waals surface area contributed by atoms with Crippen molar-refractivity contribution in [3.63, 3.8) is 0 Å². The van der Waals surface area contributed by atoms with Gasteiger partial charge in [0.2, 0.25) is 0 Å². The number of carboxylic acid groups (broad SMARTS) is 1. The molecule has 1 aromatic carbocycles. The Morgan fingerprint density at radius 3 is 2.83 bits per heavy atom. The molecule has 6 nitrogen and oxygen atoms in total. The van der Waals surface area contributed by atoms with E-state index in [2.05, 4.69) is 5.32 Å². The molecule has 1 aliphatic heterocycles. The highest BCUT2D eigenvalue weighted by molar-refractivity contribution is 5.85. The predicted octanol–water partition coefficient (Wildman–Crippen LogP) is 0.639. The molecule has 2 amide bonds. The molecule has 1 atom stereocenters. The number of nitrogens with zero attached hydrogens (tertiary/aromatic N) is 1. The van der Waals surface area contributed by atoms with Crippen LogP contribution >= 0.6 is 0 Å². The molecule has 0 aromatic heterocycles. The number of carbonyl (C=O) groups excluding carboxylic acids is 1. The largest absolute Gasteiger partial charge is 0.465 e. The van der Waals surface area contributed by atoms with Gasteiger partial charge in [-0.2, -0.15) is 0 Å². The molecule has 1 fully saturated rings. The second kappa shape index (κ2) is 5.50. The number of benzene rings is 1. The minimum absolute atomic E-state index is 0.0555. The van der Waals surface area contributed by atoms with Crippen molar-refractivity contribution in [3.8, 4) is 0 Å². The van der Waals surface area contributed by atoms with Crippen LogP contribution in [0.25, 0.3) is 0 Å². The summed E-state index contributed by atoms with van der Waals surface area (Å²) in [5.74, 6) is -0.340. The van der Waals surface area contributed by atoms with Crippen molar-refractivity contribution in [3.05, 3.63) is 35.9 Å². The fraction of sp³-hybridized carbons (Fsp3) is 0.333. The van der Waals surface area contributed by atoms with Crippen LogP contribution in [0.4, 0.5) is 4.79 Å². The van der Waals surface area contributed by atoms with Crippen LogP contribution in [-0.4, -0.2) is 41.4 Å². The van der Waals surface area contributed by atoms with Crippen molar-refractivity contribution in [2.24, 2.45) is 0 Å². The van der Waals surface area contributed by atoms with Gasteiger partial charge in [0.25, 0.3) is 5.91 Å². The standard InChI is InChI=1S/C12H14N2O4/c15-11-10(13-12(16)17)8-18-14(11)7-6-9-4-2-1-3-5-9/h1-5,10,13H,6-8H2,(H,16,17)/t10-/m0/s1. The van der Waals surface area contributed by atoms with Gasteiger partial charge in [0.15, 0.2) is 0 Å². The van der Waals surface area contributed by atoms with Gasteiger partial charge in [0.1, 0.15) is 12.6 Å². The molecule has 0 saturated carbocycles. The average molecular weight is 250 g/mol. The fourth-order valence-corrected chi connectivity index (χ4v) is 1.78. The van der Waals surface area contributed by atoms with Crippen molar-refractivity contribution in [1.82, 2.24) is 10.4 Å². The van der Waals surface area contributed by atoms with Crippen LogP contribution in [0.5, 0.6) is 0 Å². The molecule has 1 aliphatic rings. The maximum absolute atomic E-state index is 11.7. The molecule has 96 valence electrons. The van der Waals surface area contributed by atoms with E-state index < -0.39 is 12.1 Å². The first kappa shape index (κ1) is 12.4. The van der Waals surface area contributed by atoms with Crippen molar-refractivity contribution < 1.29 is 19.5 Å². The molecule has 6 heteroatoms.